The number of aromatic hydroxyl groups is 1. The van der Waals surface area contributed by atoms with Gasteiger partial charge in [-0.25, -0.2) is 9.59 Å². The Labute approximate surface area is 253 Å². The van der Waals surface area contributed by atoms with Gasteiger partial charge in [-0.2, -0.15) is 0 Å². The molecule has 232 valence electrons. The number of phenols is 1. The van der Waals surface area contributed by atoms with E-state index in [0.717, 1.165) is 23.3 Å². The van der Waals surface area contributed by atoms with Crippen molar-refractivity contribution in [1.82, 2.24) is 10.2 Å². The zero-order chi connectivity index (χ0) is 30.9. The van der Waals surface area contributed by atoms with Crippen LogP contribution < -0.4 is 10.1 Å². The molecule has 0 aromatic heterocycles. The molecule has 4 unspecified atom stereocenters. The highest BCUT2D eigenvalue weighted by Gasteiger charge is 2.49. The molecule has 43 heavy (non-hydrogen) atoms. The number of esters is 1. The van der Waals surface area contributed by atoms with Gasteiger partial charge < -0.3 is 34.6 Å². The molecule has 1 aliphatic carbocycles. The molecule has 9 nitrogen and oxygen atoms in total. The van der Waals surface area contributed by atoms with Crippen LogP contribution in [-0.2, 0) is 14.3 Å². The number of methoxy groups -OCH3 is 1. The molecule has 3 N–H and O–H groups in total. The Bertz CT molecular complexity index is 1370. The van der Waals surface area contributed by atoms with Gasteiger partial charge >= 0.3 is 12.1 Å². The van der Waals surface area contributed by atoms with Gasteiger partial charge in [-0.05, 0) is 88.6 Å². The summed E-state index contributed by atoms with van der Waals surface area (Å²) in [7, 11) is 1.65. The number of aliphatic hydroxyl groups is 1. The first-order valence-corrected chi connectivity index (χ1v) is 15.2. The van der Waals surface area contributed by atoms with Crippen molar-refractivity contribution in [3.63, 3.8) is 0 Å². The molecular formula is C34H44N2O7. The van der Waals surface area contributed by atoms with Gasteiger partial charge in [0.2, 0.25) is 0 Å². The smallest absolute Gasteiger partial charge is 0.410 e. The summed E-state index contributed by atoms with van der Waals surface area (Å²) in [5.41, 5.74) is 2.31. The van der Waals surface area contributed by atoms with E-state index in [-0.39, 0.29) is 30.2 Å². The van der Waals surface area contributed by atoms with Crippen LogP contribution in [0.1, 0.15) is 76.3 Å². The summed E-state index contributed by atoms with van der Waals surface area (Å²) in [6.07, 6.45) is 0.939. The fourth-order valence-corrected chi connectivity index (χ4v) is 7.05. The molecule has 1 amide bonds. The number of rotatable bonds is 5. The number of amides is 1. The number of fused-ring (bicyclic) bond motifs is 1. The second kappa shape index (κ2) is 12.5. The topological polar surface area (TPSA) is 118 Å². The van der Waals surface area contributed by atoms with Crippen molar-refractivity contribution in [3.05, 3.63) is 70.9 Å². The number of nitrogens with one attached hydrogen (secondary N) is 1. The first-order chi connectivity index (χ1) is 20.4. The van der Waals surface area contributed by atoms with E-state index in [9.17, 15) is 19.8 Å². The minimum absolute atomic E-state index is 0.0621. The van der Waals surface area contributed by atoms with Crippen molar-refractivity contribution in [2.45, 2.75) is 89.1 Å². The van der Waals surface area contributed by atoms with Gasteiger partial charge in [0.25, 0.3) is 0 Å². The Balaban J connectivity index is 1.42. The van der Waals surface area contributed by atoms with E-state index in [4.69, 9.17) is 14.2 Å². The van der Waals surface area contributed by atoms with Gasteiger partial charge in [-0.1, -0.05) is 30.3 Å². The SMILES string of the molecule is COc1ccccc1C1CC(O)C2C(C1)NC(C)=C(C(=O)O[C@@H]1CCCN(C(=O)OC(C)(C)C)C1)[C@H]2c1cccc(O)c1. The van der Waals surface area contributed by atoms with Gasteiger partial charge in [-0.3, -0.25) is 0 Å². The van der Waals surface area contributed by atoms with Crippen LogP contribution in [0.15, 0.2) is 59.8 Å². The number of piperidine rings is 1. The summed E-state index contributed by atoms with van der Waals surface area (Å²) >= 11 is 0. The minimum atomic E-state index is -0.734. The van der Waals surface area contributed by atoms with Gasteiger partial charge in [0, 0.05) is 30.1 Å². The molecule has 6 atom stereocenters. The summed E-state index contributed by atoms with van der Waals surface area (Å²) in [6.45, 7) is 8.14. The van der Waals surface area contributed by atoms with Crippen molar-refractivity contribution in [1.29, 1.82) is 0 Å². The van der Waals surface area contributed by atoms with E-state index < -0.39 is 35.8 Å². The number of aliphatic hydroxyl groups excluding tert-OH is 1. The van der Waals surface area contributed by atoms with E-state index in [1.165, 1.54) is 0 Å². The van der Waals surface area contributed by atoms with E-state index in [0.29, 0.717) is 37.1 Å². The highest BCUT2D eigenvalue weighted by atomic mass is 16.6. The molecule has 3 aliphatic rings. The number of hydrogen-bond donors (Lipinski definition) is 3. The van der Waals surface area contributed by atoms with Gasteiger partial charge in [0.05, 0.1) is 25.3 Å². The van der Waals surface area contributed by atoms with Crippen LogP contribution in [0.4, 0.5) is 4.79 Å². The highest BCUT2D eigenvalue weighted by Crippen LogP contribution is 2.50. The van der Waals surface area contributed by atoms with Crippen molar-refractivity contribution in [2.75, 3.05) is 20.2 Å². The Morgan fingerprint density at radius 3 is 2.56 bits per heavy atom. The number of benzene rings is 2. The van der Waals surface area contributed by atoms with Crippen molar-refractivity contribution >= 4 is 12.1 Å². The predicted molar refractivity (Wildman–Crippen MR) is 162 cm³/mol. The molecule has 2 aromatic rings. The second-order valence-corrected chi connectivity index (χ2v) is 13.0. The number of phenolic OH excluding ortho intramolecular Hbond substituents is 1. The number of carbonyl (C=O) groups excluding carboxylic acids is 2. The van der Waals surface area contributed by atoms with Crippen LogP contribution in [0, 0.1) is 5.92 Å². The molecule has 0 bridgehead atoms. The van der Waals surface area contributed by atoms with E-state index in [2.05, 4.69) is 5.32 Å². The molecule has 2 heterocycles. The molecule has 5 rings (SSSR count). The van der Waals surface area contributed by atoms with Crippen LogP contribution in [0.25, 0.3) is 0 Å². The fourth-order valence-electron chi connectivity index (χ4n) is 7.05. The maximum Gasteiger partial charge on any atom is 0.410 e. The van der Waals surface area contributed by atoms with Gasteiger partial charge in [0.1, 0.15) is 23.2 Å². The standard InChI is InChI=1S/C34H44N2O7/c1-20-29(32(39)42-24-12-9-15-36(19-24)33(40)43-34(2,3)4)30(21-10-8-11-23(37)16-21)31-26(35-20)17-22(18-27(31)38)25-13-6-7-14-28(25)41-5/h6-8,10-11,13-14,16,22,24,26-27,30-31,35,37-38H,9,12,15,17-19H2,1-5H3/t22?,24-,26?,27?,30-,31?/m1/s1. The van der Waals surface area contributed by atoms with Crippen LogP contribution in [0.3, 0.4) is 0 Å². The number of ether oxygens (including phenoxy) is 3. The normalized spacial score (nSPS) is 27.5. The number of likely N-dealkylation sites (tertiary alicyclic amines) is 1. The molecule has 1 saturated carbocycles. The first-order valence-electron chi connectivity index (χ1n) is 15.2. The maximum atomic E-state index is 14.0. The lowest BCUT2D eigenvalue weighted by Gasteiger charge is -2.48. The lowest BCUT2D eigenvalue weighted by atomic mass is 9.63. The van der Waals surface area contributed by atoms with E-state index in [1.54, 1.807) is 30.2 Å². The lowest BCUT2D eigenvalue weighted by molar-refractivity contribution is -0.148. The van der Waals surface area contributed by atoms with Gasteiger partial charge in [-0.15, -0.1) is 0 Å². The summed E-state index contributed by atoms with van der Waals surface area (Å²) in [5.74, 6) is -0.356. The maximum absolute atomic E-state index is 14.0. The molecule has 2 aliphatic heterocycles. The third kappa shape index (κ3) is 6.77. The summed E-state index contributed by atoms with van der Waals surface area (Å²) in [6, 6.07) is 14.7. The average Bonchev–Trinajstić information content (AvgIpc) is 2.95. The Morgan fingerprint density at radius 2 is 1.84 bits per heavy atom. The second-order valence-electron chi connectivity index (χ2n) is 13.0. The lowest BCUT2D eigenvalue weighted by Crippen LogP contribution is -2.54. The molecule has 2 aromatic carbocycles. The first kappa shape index (κ1) is 30.7. The highest BCUT2D eigenvalue weighted by molar-refractivity contribution is 5.91. The Kier molecular flexibility index (Phi) is 8.92. The number of nitrogens with zero attached hydrogens (tertiary/aromatic N) is 1. The van der Waals surface area contributed by atoms with Crippen LogP contribution in [-0.4, -0.2) is 71.2 Å². The predicted octanol–water partition coefficient (Wildman–Crippen LogP) is 5.23. The van der Waals surface area contributed by atoms with Gasteiger partial charge in [0.15, 0.2) is 0 Å². The number of hydrogen-bond acceptors (Lipinski definition) is 8. The largest absolute Gasteiger partial charge is 0.508 e. The minimum Gasteiger partial charge on any atom is -0.508 e. The number of para-hydroxylation sites is 1. The summed E-state index contributed by atoms with van der Waals surface area (Å²) in [4.78, 5) is 28.3. The monoisotopic (exact) mass is 592 g/mol. The third-order valence-corrected chi connectivity index (χ3v) is 8.81. The molecular weight excluding hydrogens is 548 g/mol. The summed E-state index contributed by atoms with van der Waals surface area (Å²) in [5, 5.41) is 25.7. The molecule has 2 fully saturated rings. The van der Waals surface area contributed by atoms with Crippen LogP contribution in [0.5, 0.6) is 11.5 Å². The van der Waals surface area contributed by atoms with Crippen molar-refractivity contribution < 1.29 is 34.0 Å². The number of carbonyl (C=O) groups is 2. The van der Waals surface area contributed by atoms with Crippen molar-refractivity contribution in [3.8, 4) is 11.5 Å². The van der Waals surface area contributed by atoms with E-state index in [1.807, 2.05) is 58.0 Å². The number of allylic oxidation sites excluding steroid dienone is 1. The Hall–Kier alpha value is -3.72. The van der Waals surface area contributed by atoms with Crippen LogP contribution in [0.2, 0.25) is 0 Å². The van der Waals surface area contributed by atoms with Crippen LogP contribution >= 0.6 is 0 Å². The van der Waals surface area contributed by atoms with Crippen molar-refractivity contribution in [2.24, 2.45) is 5.92 Å². The summed E-state index contributed by atoms with van der Waals surface area (Å²) < 4.78 is 17.3. The zero-order valence-corrected chi connectivity index (χ0v) is 25.7. The molecule has 0 radical (unpaired) electrons. The molecule has 9 heteroatoms. The molecule has 1 saturated heterocycles. The average molecular weight is 593 g/mol. The Morgan fingerprint density at radius 1 is 1.07 bits per heavy atom. The quantitative estimate of drug-likeness (QED) is 0.404. The third-order valence-electron chi connectivity index (χ3n) is 8.81. The zero-order valence-electron chi connectivity index (χ0n) is 25.7. The molecule has 0 spiro atoms. The fraction of sp³-hybridized carbons (Fsp3) is 0.529. The van der Waals surface area contributed by atoms with E-state index >= 15 is 0 Å².